The van der Waals surface area contributed by atoms with Crippen LogP contribution in [0.5, 0.6) is 0 Å². The standard InChI is InChI=1S/C26H24N2/c1-28-20-19-27-25(24-13-7-8-14-26(24)28)18-17-23-12-6-5-11-22(23)16-15-21-9-3-2-4-10-21/h2-18H,19-20H2,1H3/b16-15+,18-17-. The Morgan fingerprint density at radius 2 is 1.36 bits per heavy atom. The van der Waals surface area contributed by atoms with Crippen molar-refractivity contribution < 1.29 is 0 Å². The Morgan fingerprint density at radius 3 is 2.14 bits per heavy atom. The minimum Gasteiger partial charge on any atom is -0.372 e. The molecular formula is C26H24N2. The third-order valence-corrected chi connectivity index (χ3v) is 4.98. The molecule has 3 aromatic rings. The highest BCUT2D eigenvalue weighted by atomic mass is 15.1. The van der Waals surface area contributed by atoms with Gasteiger partial charge in [-0.1, -0.05) is 91.0 Å². The number of para-hydroxylation sites is 1. The lowest BCUT2D eigenvalue weighted by molar-refractivity contribution is 0.897. The molecule has 0 atom stereocenters. The first-order valence-electron chi connectivity index (χ1n) is 9.66. The molecule has 1 aliphatic rings. The number of hydrogen-bond acceptors (Lipinski definition) is 2. The molecule has 1 heterocycles. The molecule has 2 heteroatoms. The molecule has 0 bridgehead atoms. The minimum absolute atomic E-state index is 0.806. The zero-order chi connectivity index (χ0) is 19.2. The summed E-state index contributed by atoms with van der Waals surface area (Å²) in [5.41, 5.74) is 7.06. The van der Waals surface area contributed by atoms with E-state index in [0.29, 0.717) is 0 Å². The van der Waals surface area contributed by atoms with Crippen LogP contribution < -0.4 is 4.90 Å². The normalized spacial score (nSPS) is 14.2. The van der Waals surface area contributed by atoms with Crippen molar-refractivity contribution in [1.82, 2.24) is 0 Å². The fourth-order valence-corrected chi connectivity index (χ4v) is 3.42. The van der Waals surface area contributed by atoms with Gasteiger partial charge in [-0.05, 0) is 28.8 Å². The maximum atomic E-state index is 4.82. The van der Waals surface area contributed by atoms with E-state index in [0.717, 1.165) is 18.8 Å². The number of rotatable bonds is 4. The molecular weight excluding hydrogens is 340 g/mol. The topological polar surface area (TPSA) is 15.6 Å². The van der Waals surface area contributed by atoms with Gasteiger partial charge in [0.15, 0.2) is 0 Å². The second-order valence-electron chi connectivity index (χ2n) is 6.91. The van der Waals surface area contributed by atoms with Crippen LogP contribution in [0.4, 0.5) is 5.69 Å². The SMILES string of the molecule is CN1CCN=C(/C=C\c2ccccc2/C=C/c2ccccc2)c2ccccc21. The Bertz CT molecular complexity index is 1030. The highest BCUT2D eigenvalue weighted by Crippen LogP contribution is 2.23. The number of allylic oxidation sites excluding steroid dienone is 1. The summed E-state index contributed by atoms with van der Waals surface area (Å²) in [5.74, 6) is 0. The molecule has 28 heavy (non-hydrogen) atoms. The van der Waals surface area contributed by atoms with Crippen molar-refractivity contribution in [3.05, 3.63) is 107 Å². The zero-order valence-corrected chi connectivity index (χ0v) is 16.1. The molecule has 0 unspecified atom stereocenters. The minimum atomic E-state index is 0.806. The van der Waals surface area contributed by atoms with Gasteiger partial charge in [-0.3, -0.25) is 4.99 Å². The van der Waals surface area contributed by atoms with Gasteiger partial charge in [0.1, 0.15) is 0 Å². The first-order chi connectivity index (χ1) is 13.8. The van der Waals surface area contributed by atoms with E-state index in [9.17, 15) is 0 Å². The maximum Gasteiger partial charge on any atom is 0.0668 e. The van der Waals surface area contributed by atoms with Crippen LogP contribution in [0.3, 0.4) is 0 Å². The van der Waals surface area contributed by atoms with Crippen molar-refractivity contribution in [1.29, 1.82) is 0 Å². The summed E-state index contributed by atoms with van der Waals surface area (Å²) in [5, 5.41) is 0. The number of benzene rings is 3. The number of fused-ring (bicyclic) bond motifs is 1. The van der Waals surface area contributed by atoms with E-state index in [-0.39, 0.29) is 0 Å². The number of likely N-dealkylation sites (N-methyl/N-ethyl adjacent to an activating group) is 1. The molecule has 0 aliphatic carbocycles. The summed E-state index contributed by atoms with van der Waals surface area (Å²) in [6.07, 6.45) is 8.64. The fourth-order valence-electron chi connectivity index (χ4n) is 3.42. The largest absolute Gasteiger partial charge is 0.372 e. The molecule has 0 aromatic heterocycles. The molecule has 138 valence electrons. The monoisotopic (exact) mass is 364 g/mol. The second-order valence-corrected chi connectivity index (χ2v) is 6.91. The molecule has 0 N–H and O–H groups in total. The molecule has 0 radical (unpaired) electrons. The van der Waals surface area contributed by atoms with Crippen molar-refractivity contribution in [2.75, 3.05) is 25.0 Å². The van der Waals surface area contributed by atoms with Crippen molar-refractivity contribution in [2.45, 2.75) is 0 Å². The molecule has 1 aliphatic heterocycles. The average molecular weight is 364 g/mol. The first kappa shape index (κ1) is 18.0. The maximum absolute atomic E-state index is 4.82. The van der Waals surface area contributed by atoms with Crippen LogP contribution in [0, 0.1) is 0 Å². The van der Waals surface area contributed by atoms with Gasteiger partial charge in [0.05, 0.1) is 12.3 Å². The predicted octanol–water partition coefficient (Wildman–Crippen LogP) is 5.81. The number of benzodiazepines with no additional fused rings is 1. The van der Waals surface area contributed by atoms with E-state index < -0.39 is 0 Å². The van der Waals surface area contributed by atoms with E-state index in [1.807, 2.05) is 6.07 Å². The summed E-state index contributed by atoms with van der Waals surface area (Å²) >= 11 is 0. The van der Waals surface area contributed by atoms with Gasteiger partial charge in [-0.2, -0.15) is 0 Å². The van der Waals surface area contributed by atoms with Gasteiger partial charge in [0.25, 0.3) is 0 Å². The Kier molecular flexibility index (Phi) is 5.48. The molecule has 0 saturated carbocycles. The number of anilines is 1. The number of hydrogen-bond donors (Lipinski definition) is 0. The first-order valence-corrected chi connectivity index (χ1v) is 9.66. The van der Waals surface area contributed by atoms with Crippen LogP contribution in [0.15, 0.2) is 89.9 Å². The summed E-state index contributed by atoms with van der Waals surface area (Å²) < 4.78 is 0. The smallest absolute Gasteiger partial charge is 0.0668 e. The summed E-state index contributed by atoms with van der Waals surface area (Å²) in [4.78, 5) is 7.10. The van der Waals surface area contributed by atoms with E-state index in [4.69, 9.17) is 4.99 Å². The van der Waals surface area contributed by atoms with E-state index in [1.165, 1.54) is 27.9 Å². The van der Waals surface area contributed by atoms with Gasteiger partial charge in [-0.25, -0.2) is 0 Å². The van der Waals surface area contributed by atoms with Crippen LogP contribution in [-0.4, -0.2) is 25.8 Å². The average Bonchev–Trinajstić information content (AvgIpc) is 2.91. The van der Waals surface area contributed by atoms with E-state index in [1.54, 1.807) is 0 Å². The lowest BCUT2D eigenvalue weighted by Crippen LogP contribution is -2.20. The molecule has 0 saturated heterocycles. The summed E-state index contributed by atoms with van der Waals surface area (Å²) in [6, 6.07) is 27.3. The highest BCUT2D eigenvalue weighted by Gasteiger charge is 2.13. The Hall–Kier alpha value is -3.39. The Labute approximate surface area is 167 Å². The lowest BCUT2D eigenvalue weighted by atomic mass is 10.0. The Balaban J connectivity index is 1.63. The number of aliphatic imine (C=N–C) groups is 1. The quantitative estimate of drug-likeness (QED) is 0.534. The van der Waals surface area contributed by atoms with Crippen LogP contribution in [0.25, 0.3) is 18.2 Å². The van der Waals surface area contributed by atoms with Crippen LogP contribution >= 0.6 is 0 Å². The third-order valence-electron chi connectivity index (χ3n) is 4.98. The molecule has 4 rings (SSSR count). The van der Waals surface area contributed by atoms with E-state index >= 15 is 0 Å². The molecule has 0 spiro atoms. The third kappa shape index (κ3) is 4.12. The van der Waals surface area contributed by atoms with Gasteiger partial charge in [-0.15, -0.1) is 0 Å². The fraction of sp³-hybridized carbons (Fsp3) is 0.115. The summed E-state index contributed by atoms with van der Waals surface area (Å²) in [7, 11) is 2.13. The van der Waals surface area contributed by atoms with Gasteiger partial charge in [0, 0.05) is 24.8 Å². The second kappa shape index (κ2) is 8.53. The van der Waals surface area contributed by atoms with Gasteiger partial charge < -0.3 is 4.90 Å². The molecule has 3 aromatic carbocycles. The van der Waals surface area contributed by atoms with Crippen molar-refractivity contribution in [3.8, 4) is 0 Å². The molecule has 0 amide bonds. The molecule has 2 nitrogen and oxygen atoms in total. The van der Waals surface area contributed by atoms with Crippen molar-refractivity contribution in [2.24, 2.45) is 4.99 Å². The zero-order valence-electron chi connectivity index (χ0n) is 16.1. The Morgan fingerprint density at radius 1 is 0.714 bits per heavy atom. The van der Waals surface area contributed by atoms with Crippen molar-refractivity contribution >= 4 is 29.6 Å². The van der Waals surface area contributed by atoms with Crippen LogP contribution in [-0.2, 0) is 0 Å². The lowest BCUT2D eigenvalue weighted by Gasteiger charge is -2.18. The van der Waals surface area contributed by atoms with Crippen LogP contribution in [0.1, 0.15) is 22.3 Å². The van der Waals surface area contributed by atoms with E-state index in [2.05, 4.69) is 109 Å². The number of nitrogens with zero attached hydrogens (tertiary/aromatic N) is 2. The molecule has 0 fully saturated rings. The van der Waals surface area contributed by atoms with Crippen LogP contribution in [0.2, 0.25) is 0 Å². The van der Waals surface area contributed by atoms with Crippen molar-refractivity contribution in [3.63, 3.8) is 0 Å². The van der Waals surface area contributed by atoms with Gasteiger partial charge >= 0.3 is 0 Å². The van der Waals surface area contributed by atoms with Gasteiger partial charge in [0.2, 0.25) is 0 Å². The summed E-state index contributed by atoms with van der Waals surface area (Å²) in [6.45, 7) is 1.74. The highest BCUT2D eigenvalue weighted by molar-refractivity contribution is 6.14. The predicted molar refractivity (Wildman–Crippen MR) is 122 cm³/mol.